The maximum absolute atomic E-state index is 13.6. The van der Waals surface area contributed by atoms with E-state index in [4.69, 9.17) is 5.11 Å². The van der Waals surface area contributed by atoms with Crippen LogP contribution in [-0.2, 0) is 0 Å². The predicted molar refractivity (Wildman–Crippen MR) is 72.9 cm³/mol. The highest BCUT2D eigenvalue weighted by Gasteiger charge is 2.24. The first-order chi connectivity index (χ1) is 8.95. The van der Waals surface area contributed by atoms with Crippen LogP contribution in [-0.4, -0.2) is 17.1 Å². The monoisotopic (exact) mass is 265 g/mol. The Morgan fingerprint density at radius 1 is 1.26 bits per heavy atom. The minimum Gasteiger partial charge on any atom is -0.478 e. The summed E-state index contributed by atoms with van der Waals surface area (Å²) in [6.07, 6.45) is 3.39. The van der Waals surface area contributed by atoms with Crippen molar-refractivity contribution >= 4 is 11.7 Å². The second-order valence-electron chi connectivity index (χ2n) is 5.76. The Labute approximate surface area is 112 Å². The third-order valence-electron chi connectivity index (χ3n) is 3.75. The lowest BCUT2D eigenvalue weighted by Gasteiger charge is -2.32. The van der Waals surface area contributed by atoms with Crippen molar-refractivity contribution in [3.8, 4) is 0 Å². The normalized spacial score (nSPS) is 27.0. The van der Waals surface area contributed by atoms with Gasteiger partial charge in [0.1, 0.15) is 5.82 Å². The smallest absolute Gasteiger partial charge is 0.338 e. The first kappa shape index (κ1) is 13.8. The first-order valence-corrected chi connectivity index (χ1v) is 6.75. The molecule has 0 radical (unpaired) electrons. The van der Waals surface area contributed by atoms with Crippen molar-refractivity contribution < 1.29 is 14.3 Å². The number of hydrogen-bond acceptors (Lipinski definition) is 2. The van der Waals surface area contributed by atoms with Crippen LogP contribution in [0.25, 0.3) is 0 Å². The van der Waals surface area contributed by atoms with Crippen molar-refractivity contribution in [3.63, 3.8) is 0 Å². The average Bonchev–Trinajstić information content (AvgIpc) is 2.26. The molecular weight excluding hydrogens is 245 g/mol. The topological polar surface area (TPSA) is 49.3 Å². The van der Waals surface area contributed by atoms with Crippen molar-refractivity contribution in [2.24, 2.45) is 11.8 Å². The summed E-state index contributed by atoms with van der Waals surface area (Å²) < 4.78 is 13.6. The summed E-state index contributed by atoms with van der Waals surface area (Å²) in [6, 6.07) is 4.56. The van der Waals surface area contributed by atoms with Gasteiger partial charge in [-0.1, -0.05) is 13.8 Å². The van der Waals surface area contributed by atoms with Gasteiger partial charge in [-0.15, -0.1) is 0 Å². The predicted octanol–water partition coefficient (Wildman–Crippen LogP) is 3.76. The van der Waals surface area contributed by atoms with Crippen LogP contribution in [0.4, 0.5) is 10.1 Å². The molecule has 1 aromatic carbocycles. The van der Waals surface area contributed by atoms with Gasteiger partial charge in [-0.05, 0) is 49.3 Å². The molecule has 19 heavy (non-hydrogen) atoms. The van der Waals surface area contributed by atoms with Gasteiger partial charge in [-0.25, -0.2) is 9.18 Å². The van der Waals surface area contributed by atoms with Crippen molar-refractivity contribution in [2.45, 2.75) is 39.2 Å². The van der Waals surface area contributed by atoms with E-state index in [1.165, 1.54) is 18.6 Å². The largest absolute Gasteiger partial charge is 0.478 e. The molecule has 0 heterocycles. The summed E-state index contributed by atoms with van der Waals surface area (Å²) >= 11 is 0. The molecule has 2 atom stereocenters. The van der Waals surface area contributed by atoms with Crippen molar-refractivity contribution in [2.75, 3.05) is 5.32 Å². The molecular formula is C15H20FNO2. The van der Waals surface area contributed by atoms with Crippen molar-refractivity contribution in [3.05, 3.63) is 29.6 Å². The second kappa shape index (κ2) is 5.59. The number of halogens is 1. The summed E-state index contributed by atoms with van der Waals surface area (Å²) in [5.74, 6) is -0.577. The third-order valence-corrected chi connectivity index (χ3v) is 3.75. The SMILES string of the molecule is CC1CC(C)CC(Nc2ccc(C(=O)O)c(F)c2)C1. The van der Waals surface area contributed by atoms with E-state index in [1.807, 2.05) is 0 Å². The van der Waals surface area contributed by atoms with Crippen LogP contribution in [0.15, 0.2) is 18.2 Å². The fourth-order valence-corrected chi connectivity index (χ4v) is 3.08. The van der Waals surface area contributed by atoms with Crippen LogP contribution < -0.4 is 5.32 Å². The molecule has 0 aromatic heterocycles. The van der Waals surface area contributed by atoms with E-state index in [-0.39, 0.29) is 5.56 Å². The number of carbonyl (C=O) groups is 1. The summed E-state index contributed by atoms with van der Waals surface area (Å²) in [4.78, 5) is 10.7. The summed E-state index contributed by atoms with van der Waals surface area (Å²) in [5, 5.41) is 12.1. The average molecular weight is 265 g/mol. The van der Waals surface area contributed by atoms with E-state index >= 15 is 0 Å². The molecule has 0 bridgehead atoms. The van der Waals surface area contributed by atoms with E-state index < -0.39 is 11.8 Å². The van der Waals surface area contributed by atoms with E-state index in [1.54, 1.807) is 6.07 Å². The molecule has 0 saturated heterocycles. The van der Waals surface area contributed by atoms with Crippen molar-refractivity contribution in [1.29, 1.82) is 0 Å². The zero-order valence-electron chi connectivity index (χ0n) is 11.3. The van der Waals surface area contributed by atoms with E-state index in [2.05, 4.69) is 19.2 Å². The number of benzene rings is 1. The highest BCUT2D eigenvalue weighted by atomic mass is 19.1. The summed E-state index contributed by atoms with van der Waals surface area (Å²) in [5.41, 5.74) is 0.379. The lowest BCUT2D eigenvalue weighted by molar-refractivity contribution is 0.0692. The van der Waals surface area contributed by atoms with Gasteiger partial charge in [0.2, 0.25) is 0 Å². The standard InChI is InChI=1S/C15H20FNO2/c1-9-5-10(2)7-12(6-9)17-11-3-4-13(15(18)19)14(16)8-11/h3-4,8-10,12,17H,5-7H2,1-2H3,(H,18,19). The Morgan fingerprint density at radius 2 is 1.89 bits per heavy atom. The van der Waals surface area contributed by atoms with Gasteiger partial charge in [0, 0.05) is 11.7 Å². The van der Waals surface area contributed by atoms with Gasteiger partial charge in [0.15, 0.2) is 0 Å². The first-order valence-electron chi connectivity index (χ1n) is 6.75. The molecule has 2 unspecified atom stereocenters. The molecule has 2 N–H and O–H groups in total. The highest BCUT2D eigenvalue weighted by molar-refractivity contribution is 5.88. The molecule has 0 spiro atoms. The molecule has 1 aromatic rings. The van der Waals surface area contributed by atoms with E-state index in [0.717, 1.165) is 12.8 Å². The molecule has 104 valence electrons. The molecule has 1 aliphatic rings. The Balaban J connectivity index is 2.07. The maximum Gasteiger partial charge on any atom is 0.338 e. The number of nitrogens with one attached hydrogen (secondary N) is 1. The van der Waals surface area contributed by atoms with Crippen molar-refractivity contribution in [1.82, 2.24) is 0 Å². The van der Waals surface area contributed by atoms with E-state index in [9.17, 15) is 9.18 Å². The molecule has 3 nitrogen and oxygen atoms in total. The molecule has 1 saturated carbocycles. The van der Waals surface area contributed by atoms with Crippen LogP contribution in [0.2, 0.25) is 0 Å². The number of carboxylic acid groups (broad SMARTS) is 1. The molecule has 4 heteroatoms. The molecule has 1 fully saturated rings. The highest BCUT2D eigenvalue weighted by Crippen LogP contribution is 2.30. The number of carboxylic acids is 1. The van der Waals surface area contributed by atoms with E-state index in [0.29, 0.717) is 23.6 Å². The fraction of sp³-hybridized carbons (Fsp3) is 0.533. The van der Waals surface area contributed by atoms with Crippen LogP contribution in [0.1, 0.15) is 43.5 Å². The summed E-state index contributed by atoms with van der Waals surface area (Å²) in [6.45, 7) is 4.47. The van der Waals surface area contributed by atoms with Gasteiger partial charge >= 0.3 is 5.97 Å². The molecule has 0 amide bonds. The lowest BCUT2D eigenvalue weighted by atomic mass is 9.80. The maximum atomic E-state index is 13.6. The number of rotatable bonds is 3. The van der Waals surface area contributed by atoms with Gasteiger partial charge in [0.05, 0.1) is 5.56 Å². The van der Waals surface area contributed by atoms with Crippen LogP contribution >= 0.6 is 0 Å². The van der Waals surface area contributed by atoms with Gasteiger partial charge in [-0.3, -0.25) is 0 Å². The van der Waals surface area contributed by atoms with Crippen LogP contribution in [0, 0.1) is 17.7 Å². The van der Waals surface area contributed by atoms with Crippen LogP contribution in [0.5, 0.6) is 0 Å². The zero-order valence-corrected chi connectivity index (χ0v) is 11.3. The molecule has 2 rings (SSSR count). The minimum absolute atomic E-state index is 0.282. The number of aromatic carboxylic acids is 1. The Bertz CT molecular complexity index is 465. The zero-order chi connectivity index (χ0) is 14.0. The Hall–Kier alpha value is -1.58. The Kier molecular flexibility index (Phi) is 4.08. The fourth-order valence-electron chi connectivity index (χ4n) is 3.08. The Morgan fingerprint density at radius 3 is 2.42 bits per heavy atom. The number of hydrogen-bond donors (Lipinski definition) is 2. The number of anilines is 1. The quantitative estimate of drug-likeness (QED) is 0.874. The van der Waals surface area contributed by atoms with Gasteiger partial charge in [0.25, 0.3) is 0 Å². The van der Waals surface area contributed by atoms with Gasteiger partial charge < -0.3 is 10.4 Å². The van der Waals surface area contributed by atoms with Gasteiger partial charge in [-0.2, -0.15) is 0 Å². The second-order valence-corrected chi connectivity index (χ2v) is 5.76. The third kappa shape index (κ3) is 3.46. The minimum atomic E-state index is -1.23. The molecule has 1 aliphatic carbocycles. The summed E-state index contributed by atoms with van der Waals surface area (Å²) in [7, 11) is 0. The lowest BCUT2D eigenvalue weighted by Crippen LogP contribution is -2.30. The molecule has 0 aliphatic heterocycles. The van der Waals surface area contributed by atoms with Crippen LogP contribution in [0.3, 0.4) is 0 Å².